The molecule has 1 N–H and O–H groups in total. The van der Waals surface area contributed by atoms with Crippen LogP contribution in [0, 0.1) is 6.92 Å². The van der Waals surface area contributed by atoms with Gasteiger partial charge >= 0.3 is 5.97 Å². The van der Waals surface area contributed by atoms with Crippen molar-refractivity contribution in [3.8, 4) is 0 Å². The summed E-state index contributed by atoms with van der Waals surface area (Å²) in [5, 5.41) is 8.91. The maximum Gasteiger partial charge on any atom is 0.323 e. The lowest BCUT2D eigenvalue weighted by Crippen LogP contribution is -2.36. The van der Waals surface area contributed by atoms with E-state index in [2.05, 4.69) is 0 Å². The van der Waals surface area contributed by atoms with Crippen LogP contribution >= 0.6 is 0 Å². The number of carbonyl (C=O) groups is 2. The third-order valence-electron chi connectivity index (χ3n) is 3.87. The number of hydrogen-bond acceptors (Lipinski definition) is 5. The van der Waals surface area contributed by atoms with Crippen molar-refractivity contribution < 1.29 is 27.5 Å². The average Bonchev–Trinajstić information content (AvgIpc) is 3.15. The lowest BCUT2D eigenvalue weighted by Gasteiger charge is -2.18. The van der Waals surface area contributed by atoms with Crippen molar-refractivity contribution in [2.24, 2.45) is 0 Å². The van der Waals surface area contributed by atoms with Crippen LogP contribution in [0.4, 0.5) is 0 Å². The van der Waals surface area contributed by atoms with Crippen LogP contribution in [0.1, 0.15) is 42.5 Å². The molecule has 0 atom stereocenters. The molecule has 1 aliphatic heterocycles. The third kappa shape index (κ3) is 3.78. The molecule has 1 aromatic rings. The molecule has 1 amide bonds. The minimum Gasteiger partial charge on any atom is -0.480 e. The molecule has 2 rings (SSSR count). The Balaban J connectivity index is 2.29. The Labute approximate surface area is 141 Å². The Kier molecular flexibility index (Phi) is 5.66. The van der Waals surface area contributed by atoms with Crippen LogP contribution in [-0.2, 0) is 14.8 Å². The van der Waals surface area contributed by atoms with Gasteiger partial charge in [-0.15, -0.1) is 0 Å². The Hall–Kier alpha value is -1.87. The standard InChI is InChI=1S/C15H22N2O6S/c1-3-6-16(10-14(18)19)15(20)12-9-13(11(2)23-12)24(21,22)17-7-4-5-8-17/h9H,3-8,10H2,1-2H3,(H,18,19). The van der Waals surface area contributed by atoms with Crippen molar-refractivity contribution in [3.63, 3.8) is 0 Å². The first-order valence-electron chi connectivity index (χ1n) is 7.89. The topological polar surface area (TPSA) is 108 Å². The molecule has 0 unspecified atom stereocenters. The van der Waals surface area contributed by atoms with Crippen LogP contribution < -0.4 is 0 Å². The molecule has 1 aliphatic rings. The van der Waals surface area contributed by atoms with Gasteiger partial charge in [-0.1, -0.05) is 6.92 Å². The van der Waals surface area contributed by atoms with Gasteiger partial charge in [0.2, 0.25) is 10.0 Å². The molecule has 0 aliphatic carbocycles. The van der Waals surface area contributed by atoms with Gasteiger partial charge < -0.3 is 14.4 Å². The molecule has 1 aromatic heterocycles. The number of carboxylic acids is 1. The molecule has 134 valence electrons. The number of carboxylic acid groups (broad SMARTS) is 1. The Morgan fingerprint density at radius 3 is 2.50 bits per heavy atom. The van der Waals surface area contributed by atoms with Gasteiger partial charge in [0, 0.05) is 25.7 Å². The first-order chi connectivity index (χ1) is 11.3. The summed E-state index contributed by atoms with van der Waals surface area (Å²) in [6.07, 6.45) is 2.20. The van der Waals surface area contributed by atoms with Crippen molar-refractivity contribution in [3.05, 3.63) is 17.6 Å². The molecule has 0 radical (unpaired) electrons. The van der Waals surface area contributed by atoms with Crippen LogP contribution in [0.3, 0.4) is 0 Å². The van der Waals surface area contributed by atoms with E-state index in [1.54, 1.807) is 0 Å². The van der Waals surface area contributed by atoms with Crippen molar-refractivity contribution in [2.45, 2.75) is 38.0 Å². The van der Waals surface area contributed by atoms with Gasteiger partial charge in [0.1, 0.15) is 17.2 Å². The zero-order valence-electron chi connectivity index (χ0n) is 13.8. The van der Waals surface area contributed by atoms with E-state index < -0.39 is 28.4 Å². The number of sulfonamides is 1. The highest BCUT2D eigenvalue weighted by atomic mass is 32.2. The molecule has 1 fully saturated rings. The average molecular weight is 358 g/mol. The van der Waals surface area contributed by atoms with Gasteiger partial charge in [-0.25, -0.2) is 8.42 Å². The summed E-state index contributed by atoms with van der Waals surface area (Å²) in [5.74, 6) is -1.77. The fourth-order valence-electron chi connectivity index (χ4n) is 2.74. The van der Waals surface area contributed by atoms with Crippen LogP contribution in [0.2, 0.25) is 0 Å². The zero-order chi connectivity index (χ0) is 17.9. The SMILES string of the molecule is CCCN(CC(=O)O)C(=O)c1cc(S(=O)(=O)N2CCCC2)c(C)o1. The molecule has 0 bridgehead atoms. The van der Waals surface area contributed by atoms with Crippen molar-refractivity contribution in [1.82, 2.24) is 9.21 Å². The van der Waals surface area contributed by atoms with E-state index in [0.29, 0.717) is 19.5 Å². The van der Waals surface area contributed by atoms with Crippen LogP contribution in [-0.4, -0.2) is 60.8 Å². The van der Waals surface area contributed by atoms with E-state index in [9.17, 15) is 18.0 Å². The molecular weight excluding hydrogens is 336 g/mol. The summed E-state index contributed by atoms with van der Waals surface area (Å²) in [5.41, 5.74) is 0. The maximum absolute atomic E-state index is 12.6. The van der Waals surface area contributed by atoms with Gasteiger partial charge in [0.15, 0.2) is 5.76 Å². The lowest BCUT2D eigenvalue weighted by atomic mass is 10.3. The van der Waals surface area contributed by atoms with Gasteiger partial charge in [0.05, 0.1) is 0 Å². The second kappa shape index (κ2) is 7.35. The summed E-state index contributed by atoms with van der Waals surface area (Å²) < 4.78 is 31.9. The van der Waals surface area contributed by atoms with Crippen LogP contribution in [0.15, 0.2) is 15.4 Å². The second-order valence-electron chi connectivity index (χ2n) is 5.76. The predicted molar refractivity (Wildman–Crippen MR) is 85.3 cm³/mol. The molecule has 0 aromatic carbocycles. The predicted octanol–water partition coefficient (Wildman–Crippen LogP) is 1.31. The molecule has 1 saturated heterocycles. The molecule has 8 nitrogen and oxygen atoms in total. The fraction of sp³-hybridized carbons (Fsp3) is 0.600. The summed E-state index contributed by atoms with van der Waals surface area (Å²) in [6.45, 7) is 4.01. The number of aliphatic carboxylic acids is 1. The summed E-state index contributed by atoms with van der Waals surface area (Å²) >= 11 is 0. The largest absolute Gasteiger partial charge is 0.480 e. The number of aryl methyl sites for hydroxylation is 1. The number of nitrogens with zero attached hydrogens (tertiary/aromatic N) is 2. The maximum atomic E-state index is 12.6. The van der Waals surface area contributed by atoms with Crippen LogP contribution in [0.25, 0.3) is 0 Å². The zero-order valence-corrected chi connectivity index (χ0v) is 14.6. The van der Waals surface area contributed by atoms with Crippen molar-refractivity contribution in [2.75, 3.05) is 26.2 Å². The summed E-state index contributed by atoms with van der Waals surface area (Å²) in [6, 6.07) is 1.20. The number of amides is 1. The van der Waals surface area contributed by atoms with Crippen LogP contribution in [0.5, 0.6) is 0 Å². The first kappa shape index (κ1) is 18.5. The smallest absolute Gasteiger partial charge is 0.323 e. The molecular formula is C15H22N2O6S. The van der Waals surface area contributed by atoms with Gasteiger partial charge in [0.25, 0.3) is 5.91 Å². The Morgan fingerprint density at radius 1 is 1.33 bits per heavy atom. The van der Waals surface area contributed by atoms with E-state index in [1.165, 1.54) is 17.3 Å². The highest BCUT2D eigenvalue weighted by Gasteiger charge is 2.32. The third-order valence-corrected chi connectivity index (χ3v) is 5.88. The van der Waals surface area contributed by atoms with E-state index in [1.807, 2.05) is 6.92 Å². The quantitative estimate of drug-likeness (QED) is 0.787. The minimum atomic E-state index is -3.69. The molecule has 9 heteroatoms. The highest BCUT2D eigenvalue weighted by molar-refractivity contribution is 7.89. The van der Waals surface area contributed by atoms with Gasteiger partial charge in [-0.05, 0) is 26.2 Å². The van der Waals surface area contributed by atoms with Gasteiger partial charge in [-0.3, -0.25) is 9.59 Å². The first-order valence-corrected chi connectivity index (χ1v) is 9.33. The highest BCUT2D eigenvalue weighted by Crippen LogP contribution is 2.27. The molecule has 0 spiro atoms. The lowest BCUT2D eigenvalue weighted by molar-refractivity contribution is -0.137. The van der Waals surface area contributed by atoms with Gasteiger partial charge in [-0.2, -0.15) is 4.31 Å². The number of carbonyl (C=O) groups excluding carboxylic acids is 1. The Morgan fingerprint density at radius 2 is 1.96 bits per heavy atom. The van der Waals surface area contributed by atoms with E-state index >= 15 is 0 Å². The molecule has 24 heavy (non-hydrogen) atoms. The van der Waals surface area contributed by atoms with E-state index in [0.717, 1.165) is 17.7 Å². The minimum absolute atomic E-state index is 0.0282. The normalized spacial score (nSPS) is 15.6. The second-order valence-corrected chi connectivity index (χ2v) is 7.67. The number of rotatable bonds is 7. The van der Waals surface area contributed by atoms with Crippen molar-refractivity contribution >= 4 is 21.9 Å². The number of hydrogen-bond donors (Lipinski definition) is 1. The molecule has 2 heterocycles. The van der Waals surface area contributed by atoms with E-state index in [4.69, 9.17) is 9.52 Å². The number of furan rings is 1. The summed E-state index contributed by atoms with van der Waals surface area (Å²) in [7, 11) is -3.69. The Bertz CT molecular complexity index is 718. The van der Waals surface area contributed by atoms with Crippen molar-refractivity contribution in [1.29, 1.82) is 0 Å². The molecule has 0 saturated carbocycles. The van der Waals surface area contributed by atoms with E-state index in [-0.39, 0.29) is 23.0 Å². The fourth-order valence-corrected chi connectivity index (χ4v) is 4.41. The monoisotopic (exact) mass is 358 g/mol. The summed E-state index contributed by atoms with van der Waals surface area (Å²) in [4.78, 5) is 24.4.